The molecular weight excluding hydrogens is 252 g/mol. The number of hydrogen-bond donors (Lipinski definition) is 1. The first kappa shape index (κ1) is 15.7. The van der Waals surface area contributed by atoms with Gasteiger partial charge in [0.1, 0.15) is 0 Å². The number of hydrogen-bond acceptors (Lipinski definition) is 4. The molecule has 0 bridgehead atoms. The fraction of sp³-hybridized carbons (Fsp3) is 0.933. The van der Waals surface area contributed by atoms with E-state index in [2.05, 4.69) is 23.6 Å². The Balaban J connectivity index is 1.68. The van der Waals surface area contributed by atoms with Crippen molar-refractivity contribution < 1.29 is 4.79 Å². The van der Waals surface area contributed by atoms with Crippen molar-refractivity contribution in [3.05, 3.63) is 0 Å². The van der Waals surface area contributed by atoms with E-state index in [0.717, 1.165) is 44.8 Å². The standard InChI is InChI=1S/C15H30N4O/c1-13-3-4-14(2)19(13)12-9-17-7-10-18(11-8-17)15(20)5-6-16/h13-14H,3-12,16H2,1-2H3. The molecule has 2 rings (SSSR count). The van der Waals surface area contributed by atoms with Crippen LogP contribution in [-0.2, 0) is 4.79 Å². The number of amides is 1. The molecule has 2 saturated heterocycles. The molecule has 2 fully saturated rings. The van der Waals surface area contributed by atoms with Gasteiger partial charge in [0.2, 0.25) is 5.91 Å². The second kappa shape index (κ2) is 7.38. The largest absolute Gasteiger partial charge is 0.340 e. The van der Waals surface area contributed by atoms with Crippen LogP contribution in [0.1, 0.15) is 33.1 Å². The highest BCUT2D eigenvalue weighted by atomic mass is 16.2. The van der Waals surface area contributed by atoms with E-state index in [1.807, 2.05) is 4.90 Å². The lowest BCUT2D eigenvalue weighted by Gasteiger charge is -2.36. The Labute approximate surface area is 123 Å². The molecule has 0 radical (unpaired) electrons. The van der Waals surface area contributed by atoms with Crippen LogP contribution in [0.4, 0.5) is 0 Å². The van der Waals surface area contributed by atoms with Gasteiger partial charge in [-0.15, -0.1) is 0 Å². The van der Waals surface area contributed by atoms with Gasteiger partial charge in [0, 0.05) is 64.3 Å². The van der Waals surface area contributed by atoms with E-state index in [0.29, 0.717) is 13.0 Å². The maximum Gasteiger partial charge on any atom is 0.223 e. The van der Waals surface area contributed by atoms with Crippen molar-refractivity contribution in [1.29, 1.82) is 0 Å². The van der Waals surface area contributed by atoms with Crippen molar-refractivity contribution in [2.75, 3.05) is 45.8 Å². The first-order chi connectivity index (χ1) is 9.61. The summed E-state index contributed by atoms with van der Waals surface area (Å²) in [4.78, 5) is 18.9. The summed E-state index contributed by atoms with van der Waals surface area (Å²) in [5.74, 6) is 0.217. The Morgan fingerprint density at radius 3 is 2.20 bits per heavy atom. The minimum absolute atomic E-state index is 0.217. The zero-order valence-electron chi connectivity index (χ0n) is 13.1. The second-order valence-electron chi connectivity index (χ2n) is 6.27. The van der Waals surface area contributed by atoms with E-state index in [-0.39, 0.29) is 5.91 Å². The average molecular weight is 282 g/mol. The fourth-order valence-electron chi connectivity index (χ4n) is 3.45. The minimum Gasteiger partial charge on any atom is -0.340 e. The van der Waals surface area contributed by atoms with Gasteiger partial charge < -0.3 is 10.6 Å². The van der Waals surface area contributed by atoms with E-state index in [9.17, 15) is 4.79 Å². The highest BCUT2D eigenvalue weighted by Crippen LogP contribution is 2.22. The van der Waals surface area contributed by atoms with E-state index >= 15 is 0 Å². The van der Waals surface area contributed by atoms with Crippen LogP contribution >= 0.6 is 0 Å². The van der Waals surface area contributed by atoms with Gasteiger partial charge in [-0.2, -0.15) is 0 Å². The first-order valence-electron chi connectivity index (χ1n) is 8.07. The molecule has 0 saturated carbocycles. The third-order valence-corrected chi connectivity index (χ3v) is 4.89. The summed E-state index contributed by atoms with van der Waals surface area (Å²) in [6.45, 7) is 11.2. The Kier molecular flexibility index (Phi) is 5.81. The van der Waals surface area contributed by atoms with Gasteiger partial charge in [0.15, 0.2) is 0 Å². The zero-order chi connectivity index (χ0) is 14.5. The quantitative estimate of drug-likeness (QED) is 0.791. The van der Waals surface area contributed by atoms with Crippen LogP contribution in [0.5, 0.6) is 0 Å². The molecule has 2 heterocycles. The Hall–Kier alpha value is -0.650. The molecule has 5 nitrogen and oxygen atoms in total. The summed E-state index contributed by atoms with van der Waals surface area (Å²) >= 11 is 0. The lowest BCUT2D eigenvalue weighted by atomic mass is 10.2. The Morgan fingerprint density at radius 1 is 1.05 bits per heavy atom. The second-order valence-corrected chi connectivity index (χ2v) is 6.27. The predicted molar refractivity (Wildman–Crippen MR) is 81.6 cm³/mol. The molecule has 0 aromatic heterocycles. The molecule has 0 aromatic carbocycles. The zero-order valence-corrected chi connectivity index (χ0v) is 13.1. The SMILES string of the molecule is CC1CCC(C)N1CCN1CCN(C(=O)CCN)CC1. The van der Waals surface area contributed by atoms with E-state index in [1.165, 1.54) is 19.4 Å². The summed E-state index contributed by atoms with van der Waals surface area (Å²) in [5.41, 5.74) is 5.44. The molecule has 116 valence electrons. The summed E-state index contributed by atoms with van der Waals surface area (Å²) < 4.78 is 0. The number of rotatable bonds is 5. The van der Waals surface area contributed by atoms with Crippen LogP contribution in [0.3, 0.4) is 0 Å². The van der Waals surface area contributed by atoms with E-state index < -0.39 is 0 Å². The van der Waals surface area contributed by atoms with Crippen LogP contribution in [0, 0.1) is 0 Å². The van der Waals surface area contributed by atoms with Crippen LogP contribution in [-0.4, -0.2) is 78.5 Å². The molecule has 2 aliphatic heterocycles. The number of likely N-dealkylation sites (tertiary alicyclic amines) is 1. The highest BCUT2D eigenvalue weighted by Gasteiger charge is 2.28. The van der Waals surface area contributed by atoms with Crippen LogP contribution in [0.25, 0.3) is 0 Å². The highest BCUT2D eigenvalue weighted by molar-refractivity contribution is 5.76. The predicted octanol–water partition coefficient (Wildman–Crippen LogP) is 0.352. The number of nitrogens with zero attached hydrogens (tertiary/aromatic N) is 3. The van der Waals surface area contributed by atoms with Crippen molar-refractivity contribution in [2.45, 2.75) is 45.2 Å². The smallest absolute Gasteiger partial charge is 0.223 e. The maximum atomic E-state index is 11.8. The van der Waals surface area contributed by atoms with Crippen molar-refractivity contribution in [1.82, 2.24) is 14.7 Å². The van der Waals surface area contributed by atoms with Gasteiger partial charge in [-0.1, -0.05) is 0 Å². The maximum absolute atomic E-state index is 11.8. The summed E-state index contributed by atoms with van der Waals surface area (Å²) in [6, 6.07) is 1.47. The summed E-state index contributed by atoms with van der Waals surface area (Å²) in [7, 11) is 0. The molecule has 2 atom stereocenters. The van der Waals surface area contributed by atoms with Crippen LogP contribution < -0.4 is 5.73 Å². The van der Waals surface area contributed by atoms with Crippen LogP contribution in [0.15, 0.2) is 0 Å². The number of carbonyl (C=O) groups is 1. The van der Waals surface area contributed by atoms with Gasteiger partial charge in [0.05, 0.1) is 0 Å². The van der Waals surface area contributed by atoms with Gasteiger partial charge >= 0.3 is 0 Å². The number of piperazine rings is 1. The molecular formula is C15H30N4O. The topological polar surface area (TPSA) is 52.8 Å². The lowest BCUT2D eigenvalue weighted by Crippen LogP contribution is -2.51. The molecule has 0 aliphatic carbocycles. The molecule has 5 heteroatoms. The van der Waals surface area contributed by atoms with Gasteiger partial charge in [-0.05, 0) is 26.7 Å². The fourth-order valence-corrected chi connectivity index (χ4v) is 3.45. The average Bonchev–Trinajstić information content (AvgIpc) is 2.77. The van der Waals surface area contributed by atoms with Crippen molar-refractivity contribution >= 4 is 5.91 Å². The number of carbonyl (C=O) groups excluding carboxylic acids is 1. The summed E-state index contributed by atoms with van der Waals surface area (Å²) in [6.07, 6.45) is 3.16. The van der Waals surface area contributed by atoms with E-state index in [1.54, 1.807) is 0 Å². The third-order valence-electron chi connectivity index (χ3n) is 4.89. The molecule has 0 spiro atoms. The Bertz CT molecular complexity index is 305. The van der Waals surface area contributed by atoms with Crippen LogP contribution in [0.2, 0.25) is 0 Å². The normalized spacial score (nSPS) is 29.1. The van der Waals surface area contributed by atoms with Gasteiger partial charge in [-0.25, -0.2) is 0 Å². The molecule has 20 heavy (non-hydrogen) atoms. The van der Waals surface area contributed by atoms with Crippen molar-refractivity contribution in [2.24, 2.45) is 5.73 Å². The van der Waals surface area contributed by atoms with Crippen molar-refractivity contribution in [3.8, 4) is 0 Å². The molecule has 2 unspecified atom stereocenters. The molecule has 2 N–H and O–H groups in total. The Morgan fingerprint density at radius 2 is 1.65 bits per heavy atom. The monoisotopic (exact) mass is 282 g/mol. The van der Waals surface area contributed by atoms with Crippen molar-refractivity contribution in [3.63, 3.8) is 0 Å². The minimum atomic E-state index is 0.217. The third kappa shape index (κ3) is 3.93. The molecule has 1 amide bonds. The molecule has 0 aromatic rings. The van der Waals surface area contributed by atoms with E-state index in [4.69, 9.17) is 5.73 Å². The summed E-state index contributed by atoms with van der Waals surface area (Å²) in [5, 5.41) is 0. The first-order valence-corrected chi connectivity index (χ1v) is 8.07. The number of nitrogens with two attached hydrogens (primary N) is 1. The van der Waals surface area contributed by atoms with Gasteiger partial charge in [-0.3, -0.25) is 14.6 Å². The lowest BCUT2D eigenvalue weighted by molar-refractivity contribution is -0.132. The van der Waals surface area contributed by atoms with Gasteiger partial charge in [0.25, 0.3) is 0 Å². The molecule has 2 aliphatic rings.